The van der Waals surface area contributed by atoms with Crippen molar-refractivity contribution in [3.63, 3.8) is 0 Å². The van der Waals surface area contributed by atoms with Crippen molar-refractivity contribution in [2.75, 3.05) is 13.7 Å². The summed E-state index contributed by atoms with van der Waals surface area (Å²) in [5, 5.41) is 0. The summed E-state index contributed by atoms with van der Waals surface area (Å²) in [6.07, 6.45) is 10.9. The maximum Gasteiger partial charge on any atom is 0.0490 e. The molecule has 0 aromatic rings. The largest absolute Gasteiger partial charge is 0.384 e. The van der Waals surface area contributed by atoms with Crippen molar-refractivity contribution in [1.82, 2.24) is 0 Å². The Kier molecular flexibility index (Phi) is 4.66. The van der Waals surface area contributed by atoms with E-state index in [1.165, 1.54) is 51.4 Å². The molecule has 0 heterocycles. The predicted molar refractivity (Wildman–Crippen MR) is 67.3 cm³/mol. The molecule has 2 heteroatoms. The van der Waals surface area contributed by atoms with Crippen molar-refractivity contribution in [3.8, 4) is 0 Å². The second kappa shape index (κ2) is 6.02. The molecule has 94 valence electrons. The summed E-state index contributed by atoms with van der Waals surface area (Å²) >= 11 is 0. The van der Waals surface area contributed by atoms with Gasteiger partial charge < -0.3 is 10.5 Å². The number of hydrogen-bond donors (Lipinski definition) is 1. The molecule has 0 aromatic heterocycles. The highest BCUT2D eigenvalue weighted by molar-refractivity contribution is 4.84. The van der Waals surface area contributed by atoms with E-state index in [0.29, 0.717) is 6.04 Å². The van der Waals surface area contributed by atoms with Gasteiger partial charge in [-0.05, 0) is 49.9 Å². The number of rotatable bonds is 2. The van der Waals surface area contributed by atoms with Crippen LogP contribution in [0.2, 0.25) is 0 Å². The molecule has 2 fully saturated rings. The Hall–Kier alpha value is -0.0800. The van der Waals surface area contributed by atoms with E-state index in [-0.39, 0.29) is 0 Å². The van der Waals surface area contributed by atoms with Crippen LogP contribution in [0.5, 0.6) is 0 Å². The summed E-state index contributed by atoms with van der Waals surface area (Å²) in [6.45, 7) is 0.933. The molecule has 0 aromatic carbocycles. The van der Waals surface area contributed by atoms with Gasteiger partial charge in [0.2, 0.25) is 0 Å². The van der Waals surface area contributed by atoms with Crippen LogP contribution in [-0.4, -0.2) is 19.8 Å². The average molecular weight is 225 g/mol. The normalized spacial score (nSPS) is 40.9. The van der Waals surface area contributed by atoms with Crippen LogP contribution in [0.3, 0.4) is 0 Å². The highest BCUT2D eigenvalue weighted by Crippen LogP contribution is 2.38. The van der Waals surface area contributed by atoms with Crippen molar-refractivity contribution in [2.24, 2.45) is 23.5 Å². The van der Waals surface area contributed by atoms with Gasteiger partial charge in [-0.3, -0.25) is 0 Å². The molecule has 0 saturated heterocycles. The van der Waals surface area contributed by atoms with Gasteiger partial charge in [0.05, 0.1) is 0 Å². The van der Waals surface area contributed by atoms with Gasteiger partial charge in [0.1, 0.15) is 0 Å². The number of hydrogen-bond acceptors (Lipinski definition) is 2. The second-order valence-electron chi connectivity index (χ2n) is 5.93. The molecule has 2 unspecified atom stereocenters. The Labute approximate surface area is 99.9 Å². The van der Waals surface area contributed by atoms with E-state index in [0.717, 1.165) is 24.4 Å². The third-order valence-corrected chi connectivity index (χ3v) is 4.72. The maximum atomic E-state index is 6.32. The quantitative estimate of drug-likeness (QED) is 0.784. The van der Waals surface area contributed by atoms with Gasteiger partial charge in [-0.15, -0.1) is 0 Å². The molecular weight excluding hydrogens is 198 g/mol. The van der Waals surface area contributed by atoms with Crippen LogP contribution in [-0.2, 0) is 4.74 Å². The zero-order chi connectivity index (χ0) is 11.4. The Morgan fingerprint density at radius 2 is 1.94 bits per heavy atom. The highest BCUT2D eigenvalue weighted by atomic mass is 16.5. The molecule has 2 N–H and O–H groups in total. The van der Waals surface area contributed by atoms with E-state index in [1.807, 2.05) is 7.11 Å². The SMILES string of the molecule is COC[C@H]1CCCC2CCC(C2)[C@@H](N)CC1. The molecule has 2 saturated carbocycles. The average Bonchev–Trinajstić information content (AvgIpc) is 2.73. The van der Waals surface area contributed by atoms with Crippen molar-refractivity contribution in [3.05, 3.63) is 0 Å². The fourth-order valence-electron chi connectivity index (χ4n) is 3.67. The van der Waals surface area contributed by atoms with E-state index in [1.54, 1.807) is 0 Å². The van der Waals surface area contributed by atoms with Crippen molar-refractivity contribution in [2.45, 2.75) is 57.4 Å². The van der Waals surface area contributed by atoms with Crippen LogP contribution in [0.1, 0.15) is 51.4 Å². The molecular formula is C14H27NO. The minimum absolute atomic E-state index is 0.461. The zero-order valence-electron chi connectivity index (χ0n) is 10.7. The monoisotopic (exact) mass is 225 g/mol. The molecule has 0 aliphatic heterocycles. The van der Waals surface area contributed by atoms with E-state index in [2.05, 4.69) is 0 Å². The maximum absolute atomic E-state index is 6.32. The lowest BCUT2D eigenvalue weighted by molar-refractivity contribution is 0.135. The summed E-state index contributed by atoms with van der Waals surface area (Å²) in [4.78, 5) is 0. The number of nitrogens with two attached hydrogens (primary N) is 1. The summed E-state index contributed by atoms with van der Waals surface area (Å²) in [5.41, 5.74) is 6.32. The minimum Gasteiger partial charge on any atom is -0.384 e. The van der Waals surface area contributed by atoms with Crippen molar-refractivity contribution >= 4 is 0 Å². The van der Waals surface area contributed by atoms with Crippen LogP contribution < -0.4 is 5.73 Å². The molecule has 16 heavy (non-hydrogen) atoms. The lowest BCUT2D eigenvalue weighted by Crippen LogP contribution is -2.30. The van der Waals surface area contributed by atoms with E-state index < -0.39 is 0 Å². The van der Waals surface area contributed by atoms with Crippen LogP contribution in [0.25, 0.3) is 0 Å². The molecule has 2 aliphatic carbocycles. The summed E-state index contributed by atoms with van der Waals surface area (Å²) in [7, 11) is 1.82. The molecule has 2 bridgehead atoms. The zero-order valence-corrected chi connectivity index (χ0v) is 10.7. The van der Waals surface area contributed by atoms with Crippen molar-refractivity contribution < 1.29 is 4.74 Å². The van der Waals surface area contributed by atoms with Gasteiger partial charge >= 0.3 is 0 Å². The first-order chi connectivity index (χ1) is 7.79. The molecule has 2 nitrogen and oxygen atoms in total. The molecule has 2 rings (SSSR count). The lowest BCUT2D eigenvalue weighted by atomic mass is 9.86. The highest BCUT2D eigenvalue weighted by Gasteiger charge is 2.30. The van der Waals surface area contributed by atoms with Gasteiger partial charge in [0.15, 0.2) is 0 Å². The smallest absolute Gasteiger partial charge is 0.0490 e. The Bertz CT molecular complexity index is 207. The van der Waals surface area contributed by atoms with Crippen LogP contribution in [0.4, 0.5) is 0 Å². The number of methoxy groups -OCH3 is 1. The summed E-state index contributed by atoms with van der Waals surface area (Å²) < 4.78 is 5.31. The minimum atomic E-state index is 0.461. The molecule has 2 aliphatic rings. The summed E-state index contributed by atoms with van der Waals surface area (Å²) in [5.74, 6) is 2.57. The third-order valence-electron chi connectivity index (χ3n) is 4.72. The van der Waals surface area contributed by atoms with Gasteiger partial charge in [-0.1, -0.05) is 19.3 Å². The number of fused-ring (bicyclic) bond motifs is 2. The molecule has 0 spiro atoms. The molecule has 0 radical (unpaired) electrons. The first-order valence-electron chi connectivity index (χ1n) is 7.04. The fraction of sp³-hybridized carbons (Fsp3) is 1.00. The lowest BCUT2D eigenvalue weighted by Gasteiger charge is -2.24. The summed E-state index contributed by atoms with van der Waals surface area (Å²) in [6, 6.07) is 0.461. The first-order valence-corrected chi connectivity index (χ1v) is 7.04. The molecule has 0 amide bonds. The van der Waals surface area contributed by atoms with Crippen molar-refractivity contribution in [1.29, 1.82) is 0 Å². The second-order valence-corrected chi connectivity index (χ2v) is 5.93. The Morgan fingerprint density at radius 3 is 2.75 bits per heavy atom. The van der Waals surface area contributed by atoms with Crippen LogP contribution in [0.15, 0.2) is 0 Å². The topological polar surface area (TPSA) is 35.2 Å². The Morgan fingerprint density at radius 1 is 1.06 bits per heavy atom. The van der Waals surface area contributed by atoms with Gasteiger partial charge in [0, 0.05) is 19.8 Å². The predicted octanol–water partition coefficient (Wildman–Crippen LogP) is 2.96. The Balaban J connectivity index is 1.89. The van der Waals surface area contributed by atoms with Crippen LogP contribution in [0, 0.1) is 17.8 Å². The van der Waals surface area contributed by atoms with E-state index in [4.69, 9.17) is 10.5 Å². The van der Waals surface area contributed by atoms with Gasteiger partial charge in [-0.2, -0.15) is 0 Å². The third kappa shape index (κ3) is 3.21. The van der Waals surface area contributed by atoms with E-state index in [9.17, 15) is 0 Å². The first kappa shape index (κ1) is 12.4. The fourth-order valence-corrected chi connectivity index (χ4v) is 3.67. The number of ether oxygens (including phenoxy) is 1. The van der Waals surface area contributed by atoms with Gasteiger partial charge in [-0.25, -0.2) is 0 Å². The molecule has 4 atom stereocenters. The van der Waals surface area contributed by atoms with E-state index >= 15 is 0 Å². The van der Waals surface area contributed by atoms with Gasteiger partial charge in [0.25, 0.3) is 0 Å². The standard InChI is InChI=1S/C14H27NO/c1-16-10-12-4-2-3-11-5-7-13(9-11)14(15)8-6-12/h11-14H,2-10,15H2,1H3/t11?,12-,13?,14-/m0/s1. The van der Waals surface area contributed by atoms with Crippen LogP contribution >= 0.6 is 0 Å².